The molecule has 0 bridgehead atoms. The molecule has 7 heteroatoms. The summed E-state index contributed by atoms with van der Waals surface area (Å²) in [6, 6.07) is 10.1. The second-order valence-electron chi connectivity index (χ2n) is 7.09. The first kappa shape index (κ1) is 20.2. The fraction of sp³-hybridized carbons (Fsp3) is 0.474. The molecule has 1 amide bonds. The first-order valence-electron chi connectivity index (χ1n) is 8.70. The minimum atomic E-state index is -0.605. The van der Waals surface area contributed by atoms with E-state index in [-0.39, 0.29) is 5.91 Å². The first-order valence-corrected chi connectivity index (χ1v) is 9.52. The van der Waals surface area contributed by atoms with Crippen LogP contribution in [0.5, 0.6) is 0 Å². The van der Waals surface area contributed by atoms with Gasteiger partial charge in [-0.15, -0.1) is 11.3 Å². The molecule has 0 saturated heterocycles. The Kier molecular flexibility index (Phi) is 6.99. The van der Waals surface area contributed by atoms with Crippen molar-refractivity contribution in [1.29, 1.82) is 0 Å². The molecule has 0 radical (unpaired) electrons. The maximum absolute atomic E-state index is 11.8. The van der Waals surface area contributed by atoms with Crippen LogP contribution in [0.1, 0.15) is 31.8 Å². The van der Waals surface area contributed by atoms with Crippen LogP contribution in [0, 0.1) is 5.41 Å². The number of carbonyl (C=O) groups excluding carboxylic acids is 1. The van der Waals surface area contributed by atoms with Gasteiger partial charge in [0.05, 0.1) is 0 Å². The number of nitrogens with zero attached hydrogens (tertiary/aromatic N) is 1. The number of thiophene rings is 1. The molecule has 0 aliphatic rings. The van der Waals surface area contributed by atoms with Gasteiger partial charge in [0.15, 0.2) is 5.96 Å². The summed E-state index contributed by atoms with van der Waals surface area (Å²) in [4.78, 5) is 16.9. The summed E-state index contributed by atoms with van der Waals surface area (Å²) in [5.74, 6) is 0.609. The van der Waals surface area contributed by atoms with Crippen LogP contribution in [0.4, 0.5) is 0 Å². The zero-order chi connectivity index (χ0) is 19.2. The first-order chi connectivity index (χ1) is 12.3. The minimum Gasteiger partial charge on any atom is -0.386 e. The van der Waals surface area contributed by atoms with E-state index in [4.69, 9.17) is 0 Å². The molecule has 4 N–H and O–H groups in total. The average Bonchev–Trinajstić information content (AvgIpc) is 3.04. The zero-order valence-electron chi connectivity index (χ0n) is 15.8. The van der Waals surface area contributed by atoms with Crippen molar-refractivity contribution in [2.24, 2.45) is 10.4 Å². The number of nitrogens with one attached hydrogen (secondary N) is 3. The molecule has 0 saturated carbocycles. The number of aliphatic hydroxyl groups excluding tert-OH is 1. The fourth-order valence-electron chi connectivity index (χ4n) is 2.30. The van der Waals surface area contributed by atoms with Crippen LogP contribution < -0.4 is 16.0 Å². The van der Waals surface area contributed by atoms with Crippen LogP contribution in [0.3, 0.4) is 0 Å². The number of hydrogen-bond donors (Lipinski definition) is 4. The quantitative estimate of drug-likeness (QED) is 0.354. The molecule has 0 fully saturated rings. The third-order valence-electron chi connectivity index (χ3n) is 3.84. The highest BCUT2D eigenvalue weighted by atomic mass is 32.1. The second kappa shape index (κ2) is 9.00. The highest BCUT2D eigenvalue weighted by Crippen LogP contribution is 2.29. The molecule has 1 atom stereocenters. The van der Waals surface area contributed by atoms with Gasteiger partial charge in [-0.05, 0) is 17.5 Å². The van der Waals surface area contributed by atoms with E-state index in [0.29, 0.717) is 25.6 Å². The third-order valence-corrected chi connectivity index (χ3v) is 5.06. The van der Waals surface area contributed by atoms with Crippen molar-refractivity contribution in [3.63, 3.8) is 0 Å². The van der Waals surface area contributed by atoms with Gasteiger partial charge in [0, 0.05) is 41.7 Å². The van der Waals surface area contributed by atoms with E-state index in [1.807, 2.05) is 45.0 Å². The fourth-order valence-corrected chi connectivity index (χ4v) is 3.35. The Morgan fingerprint density at radius 1 is 1.19 bits per heavy atom. The molecule has 1 aromatic heterocycles. The van der Waals surface area contributed by atoms with Gasteiger partial charge in [-0.3, -0.25) is 9.79 Å². The smallest absolute Gasteiger partial charge is 0.225 e. The van der Waals surface area contributed by atoms with Crippen molar-refractivity contribution in [1.82, 2.24) is 16.0 Å². The Labute approximate surface area is 158 Å². The summed E-state index contributed by atoms with van der Waals surface area (Å²) >= 11 is 1.59. The van der Waals surface area contributed by atoms with Gasteiger partial charge in [0.1, 0.15) is 6.10 Å². The number of amides is 1. The zero-order valence-corrected chi connectivity index (χ0v) is 16.6. The summed E-state index contributed by atoms with van der Waals surface area (Å²) in [5.41, 5.74) is -0.395. The van der Waals surface area contributed by atoms with Gasteiger partial charge in [-0.1, -0.05) is 39.0 Å². The van der Waals surface area contributed by atoms with Gasteiger partial charge >= 0.3 is 0 Å². The summed E-state index contributed by atoms with van der Waals surface area (Å²) < 4.78 is 1.17. The lowest BCUT2D eigenvalue weighted by Gasteiger charge is -2.18. The monoisotopic (exact) mass is 376 g/mol. The normalized spacial score (nSPS) is 13.5. The molecular formula is C19H28N4O2S. The van der Waals surface area contributed by atoms with E-state index >= 15 is 0 Å². The molecule has 1 heterocycles. The Hall–Kier alpha value is -2.12. The standard InChI is InChI=1S/C19H28N4O2S/c1-19(2,3)17(25)21-9-10-22-18(20-4)23-12-14(24)16-11-13-7-5-6-8-15(13)26-16/h5-8,11,14,24H,9-10,12H2,1-4H3,(H,21,25)(H2,20,22,23). The van der Waals surface area contributed by atoms with Crippen molar-refractivity contribution in [3.8, 4) is 0 Å². The number of benzene rings is 1. The SMILES string of the molecule is CN=C(NCCNC(=O)C(C)(C)C)NCC(O)c1cc2ccccc2s1. The number of aliphatic hydroxyl groups is 1. The molecule has 1 unspecified atom stereocenters. The van der Waals surface area contributed by atoms with Crippen molar-refractivity contribution in [2.75, 3.05) is 26.7 Å². The molecule has 26 heavy (non-hydrogen) atoms. The van der Waals surface area contributed by atoms with E-state index in [9.17, 15) is 9.90 Å². The molecule has 1 aromatic carbocycles. The molecule has 142 valence electrons. The average molecular weight is 377 g/mol. The molecule has 0 spiro atoms. The van der Waals surface area contributed by atoms with Crippen molar-refractivity contribution < 1.29 is 9.90 Å². The Morgan fingerprint density at radius 3 is 2.54 bits per heavy atom. The molecule has 0 aliphatic carbocycles. The van der Waals surface area contributed by atoms with Crippen LogP contribution in [0.25, 0.3) is 10.1 Å². The van der Waals surface area contributed by atoms with Gasteiger partial charge in [-0.25, -0.2) is 0 Å². The largest absolute Gasteiger partial charge is 0.386 e. The van der Waals surface area contributed by atoms with Crippen molar-refractivity contribution in [2.45, 2.75) is 26.9 Å². The number of guanidine groups is 1. The Morgan fingerprint density at radius 2 is 1.88 bits per heavy atom. The minimum absolute atomic E-state index is 0.0161. The van der Waals surface area contributed by atoms with Gasteiger partial charge in [-0.2, -0.15) is 0 Å². The van der Waals surface area contributed by atoms with Crippen LogP contribution in [0.2, 0.25) is 0 Å². The van der Waals surface area contributed by atoms with Gasteiger partial charge < -0.3 is 21.1 Å². The predicted molar refractivity (Wildman–Crippen MR) is 109 cm³/mol. The number of hydrogen-bond acceptors (Lipinski definition) is 4. The predicted octanol–water partition coefficient (Wildman–Crippen LogP) is 2.26. The summed E-state index contributed by atoms with van der Waals surface area (Å²) in [6.45, 7) is 7.07. The number of carbonyl (C=O) groups is 1. The van der Waals surface area contributed by atoms with E-state index < -0.39 is 11.5 Å². The van der Waals surface area contributed by atoms with E-state index in [1.54, 1.807) is 18.4 Å². The number of rotatable bonds is 6. The highest BCUT2D eigenvalue weighted by molar-refractivity contribution is 7.19. The lowest BCUT2D eigenvalue weighted by atomic mass is 9.96. The van der Waals surface area contributed by atoms with Gasteiger partial charge in [0.2, 0.25) is 5.91 Å². The molecule has 2 rings (SSSR count). The summed E-state index contributed by atoms with van der Waals surface area (Å²) in [5, 5.41) is 20.7. The maximum atomic E-state index is 11.8. The third kappa shape index (κ3) is 5.71. The van der Waals surface area contributed by atoms with Crippen LogP contribution >= 0.6 is 11.3 Å². The Balaban J connectivity index is 1.76. The maximum Gasteiger partial charge on any atom is 0.225 e. The topological polar surface area (TPSA) is 85.8 Å². The Bertz CT molecular complexity index is 731. The lowest BCUT2D eigenvalue weighted by Crippen LogP contribution is -2.44. The van der Waals surface area contributed by atoms with Crippen LogP contribution in [0.15, 0.2) is 35.3 Å². The van der Waals surface area contributed by atoms with Crippen LogP contribution in [-0.4, -0.2) is 43.7 Å². The van der Waals surface area contributed by atoms with Crippen molar-refractivity contribution in [3.05, 3.63) is 35.2 Å². The number of fused-ring (bicyclic) bond motifs is 1. The lowest BCUT2D eigenvalue weighted by molar-refractivity contribution is -0.128. The second-order valence-corrected chi connectivity index (χ2v) is 8.20. The van der Waals surface area contributed by atoms with E-state index in [0.717, 1.165) is 10.3 Å². The van der Waals surface area contributed by atoms with Gasteiger partial charge in [0.25, 0.3) is 0 Å². The molecule has 6 nitrogen and oxygen atoms in total. The number of aliphatic imine (C=N–C) groups is 1. The van der Waals surface area contributed by atoms with Crippen LogP contribution in [-0.2, 0) is 4.79 Å². The molecular weight excluding hydrogens is 348 g/mol. The summed E-state index contributed by atoms with van der Waals surface area (Å²) in [6.07, 6.45) is -0.605. The van der Waals surface area contributed by atoms with E-state index in [1.165, 1.54) is 4.70 Å². The van der Waals surface area contributed by atoms with Crippen molar-refractivity contribution >= 4 is 33.3 Å². The van der Waals surface area contributed by atoms with E-state index in [2.05, 4.69) is 27.0 Å². The summed E-state index contributed by atoms with van der Waals surface area (Å²) in [7, 11) is 1.68. The molecule has 0 aliphatic heterocycles. The molecule has 2 aromatic rings. The highest BCUT2D eigenvalue weighted by Gasteiger charge is 2.20.